The Bertz CT molecular complexity index is 936. The number of allylic oxidation sites excluding steroid dienone is 1. The van der Waals surface area contributed by atoms with E-state index < -0.39 is 18.1 Å². The number of hydrogen-bond donors (Lipinski definition) is 1. The number of carbonyl (C=O) groups is 3. The second-order valence-corrected chi connectivity index (χ2v) is 5.89. The van der Waals surface area contributed by atoms with Gasteiger partial charge in [0.05, 0.1) is 6.61 Å². The molecule has 0 aliphatic carbocycles. The molecule has 0 aromatic heterocycles. The maximum Gasteiger partial charge on any atom is 0.471 e. The molecule has 2 rings (SSSR count). The molecule has 2 aromatic rings. The Kier molecular flexibility index (Phi) is 7.74. The van der Waals surface area contributed by atoms with Crippen molar-refractivity contribution >= 4 is 29.4 Å². The summed E-state index contributed by atoms with van der Waals surface area (Å²) in [5, 5.41) is 1.75. The number of anilines is 1. The first-order valence-electron chi connectivity index (χ1n) is 8.78. The summed E-state index contributed by atoms with van der Waals surface area (Å²) >= 11 is 0. The van der Waals surface area contributed by atoms with E-state index in [4.69, 9.17) is 9.47 Å². The average Bonchev–Trinajstić information content (AvgIpc) is 2.70. The van der Waals surface area contributed by atoms with Crippen LogP contribution in [0.4, 0.5) is 18.9 Å². The maximum absolute atomic E-state index is 12.3. The number of nitrogens with one attached hydrogen (secondary N) is 1. The fourth-order valence-corrected chi connectivity index (χ4v) is 2.25. The molecule has 30 heavy (non-hydrogen) atoms. The highest BCUT2D eigenvalue weighted by atomic mass is 19.4. The van der Waals surface area contributed by atoms with E-state index in [-0.39, 0.29) is 24.7 Å². The first-order chi connectivity index (χ1) is 14.2. The molecule has 0 aliphatic heterocycles. The largest absolute Gasteiger partial charge is 0.482 e. The molecular weight excluding hydrogens is 403 g/mol. The van der Waals surface area contributed by atoms with E-state index >= 15 is 0 Å². The van der Waals surface area contributed by atoms with Crippen molar-refractivity contribution in [2.45, 2.75) is 13.1 Å². The standard InChI is InChI=1S/C21H18F3NO5/c1-2-29-19(27)13-30-17-9-7-15(8-10-17)18(26)11-6-14-4-3-5-16(12-14)25-20(28)21(22,23)24/h3-12H,2,13H2,1H3,(H,25,28). The van der Waals surface area contributed by atoms with Crippen molar-refractivity contribution in [2.24, 2.45) is 0 Å². The van der Waals surface area contributed by atoms with Crippen LogP contribution in [0.3, 0.4) is 0 Å². The van der Waals surface area contributed by atoms with Crippen molar-refractivity contribution < 1.29 is 37.0 Å². The molecule has 0 atom stereocenters. The molecule has 0 spiro atoms. The molecule has 158 valence electrons. The molecule has 0 saturated heterocycles. The minimum absolute atomic E-state index is 0.0463. The third kappa shape index (κ3) is 7.08. The fraction of sp³-hybridized carbons (Fsp3) is 0.190. The molecule has 0 aliphatic rings. The summed E-state index contributed by atoms with van der Waals surface area (Å²) in [6.07, 6.45) is -2.33. The van der Waals surface area contributed by atoms with Gasteiger partial charge in [0.25, 0.3) is 0 Å². The zero-order chi connectivity index (χ0) is 22.1. The highest BCUT2D eigenvalue weighted by Gasteiger charge is 2.38. The smallest absolute Gasteiger partial charge is 0.471 e. The molecule has 0 radical (unpaired) electrons. The Morgan fingerprint density at radius 1 is 1.07 bits per heavy atom. The first-order valence-corrected chi connectivity index (χ1v) is 8.78. The highest BCUT2D eigenvalue weighted by molar-refractivity contribution is 6.07. The van der Waals surface area contributed by atoms with Gasteiger partial charge in [-0.2, -0.15) is 13.2 Å². The van der Waals surface area contributed by atoms with Gasteiger partial charge in [-0.3, -0.25) is 9.59 Å². The predicted molar refractivity (Wildman–Crippen MR) is 103 cm³/mol. The van der Waals surface area contributed by atoms with Crippen LogP contribution in [0.15, 0.2) is 54.6 Å². The van der Waals surface area contributed by atoms with Crippen LogP contribution in [-0.4, -0.2) is 37.0 Å². The number of rotatable bonds is 8. The van der Waals surface area contributed by atoms with Gasteiger partial charge in [0.2, 0.25) is 0 Å². The van der Waals surface area contributed by atoms with Crippen molar-refractivity contribution in [3.63, 3.8) is 0 Å². The summed E-state index contributed by atoms with van der Waals surface area (Å²) in [6.45, 7) is 1.68. The van der Waals surface area contributed by atoms with Gasteiger partial charge in [0.15, 0.2) is 12.4 Å². The zero-order valence-corrected chi connectivity index (χ0v) is 15.9. The minimum Gasteiger partial charge on any atom is -0.482 e. The Morgan fingerprint density at radius 3 is 2.40 bits per heavy atom. The SMILES string of the molecule is CCOC(=O)COc1ccc(C(=O)C=Cc2cccc(NC(=O)C(F)(F)F)c2)cc1. The Labute approximate surface area is 170 Å². The van der Waals surface area contributed by atoms with E-state index in [0.29, 0.717) is 16.9 Å². The molecule has 0 saturated carbocycles. The fourth-order valence-electron chi connectivity index (χ4n) is 2.25. The van der Waals surface area contributed by atoms with Crippen molar-refractivity contribution in [3.8, 4) is 5.75 Å². The molecule has 6 nitrogen and oxygen atoms in total. The summed E-state index contributed by atoms with van der Waals surface area (Å²) in [7, 11) is 0. The lowest BCUT2D eigenvalue weighted by molar-refractivity contribution is -0.167. The number of esters is 1. The van der Waals surface area contributed by atoms with E-state index in [0.717, 1.165) is 0 Å². The topological polar surface area (TPSA) is 81.7 Å². The van der Waals surface area contributed by atoms with E-state index in [1.54, 1.807) is 18.3 Å². The summed E-state index contributed by atoms with van der Waals surface area (Å²) in [5.41, 5.74) is 0.726. The molecular formula is C21H18F3NO5. The number of hydrogen-bond acceptors (Lipinski definition) is 5. The van der Waals surface area contributed by atoms with Gasteiger partial charge in [0.1, 0.15) is 5.75 Å². The lowest BCUT2D eigenvalue weighted by Crippen LogP contribution is -2.29. The molecule has 1 amide bonds. The Morgan fingerprint density at radius 2 is 1.77 bits per heavy atom. The van der Waals surface area contributed by atoms with E-state index in [2.05, 4.69) is 0 Å². The van der Waals surface area contributed by atoms with E-state index in [9.17, 15) is 27.6 Å². The third-order valence-electron chi connectivity index (χ3n) is 3.63. The van der Waals surface area contributed by atoms with Gasteiger partial charge in [-0.15, -0.1) is 0 Å². The van der Waals surface area contributed by atoms with Gasteiger partial charge < -0.3 is 14.8 Å². The van der Waals surface area contributed by atoms with Gasteiger partial charge in [-0.05, 0) is 55.0 Å². The van der Waals surface area contributed by atoms with Crippen LogP contribution in [0.1, 0.15) is 22.8 Å². The molecule has 0 fully saturated rings. The van der Waals surface area contributed by atoms with Crippen LogP contribution >= 0.6 is 0 Å². The van der Waals surface area contributed by atoms with Gasteiger partial charge in [-0.1, -0.05) is 18.2 Å². The molecule has 0 heterocycles. The summed E-state index contributed by atoms with van der Waals surface area (Å²) in [5.74, 6) is -2.55. The lowest BCUT2D eigenvalue weighted by Gasteiger charge is -2.08. The number of alkyl halides is 3. The van der Waals surface area contributed by atoms with E-state index in [1.807, 2.05) is 0 Å². The predicted octanol–water partition coefficient (Wildman–Crippen LogP) is 4.03. The van der Waals surface area contributed by atoms with E-state index in [1.165, 1.54) is 54.6 Å². The van der Waals surface area contributed by atoms with Crippen molar-refractivity contribution in [1.82, 2.24) is 0 Å². The zero-order valence-electron chi connectivity index (χ0n) is 15.9. The van der Waals surface area contributed by atoms with Crippen LogP contribution in [0.2, 0.25) is 0 Å². The van der Waals surface area contributed by atoms with Crippen LogP contribution in [0, 0.1) is 0 Å². The van der Waals surface area contributed by atoms with Crippen molar-refractivity contribution in [2.75, 3.05) is 18.5 Å². The van der Waals surface area contributed by atoms with Gasteiger partial charge in [-0.25, -0.2) is 4.79 Å². The minimum atomic E-state index is -4.99. The van der Waals surface area contributed by atoms with Crippen molar-refractivity contribution in [1.29, 1.82) is 0 Å². The van der Waals surface area contributed by atoms with Crippen LogP contribution in [0.5, 0.6) is 5.75 Å². The van der Waals surface area contributed by atoms with Crippen molar-refractivity contribution in [3.05, 3.63) is 65.7 Å². The number of ketones is 1. The quantitative estimate of drug-likeness (QED) is 0.396. The molecule has 0 bridgehead atoms. The first kappa shape index (κ1) is 22.7. The summed E-state index contributed by atoms with van der Waals surface area (Å²) in [6, 6.07) is 11.7. The second-order valence-electron chi connectivity index (χ2n) is 5.89. The Hall–Kier alpha value is -3.62. The van der Waals surface area contributed by atoms with Gasteiger partial charge >= 0.3 is 18.1 Å². The molecule has 9 heteroatoms. The molecule has 2 aromatic carbocycles. The van der Waals surface area contributed by atoms with Gasteiger partial charge in [0, 0.05) is 11.3 Å². The third-order valence-corrected chi connectivity index (χ3v) is 3.63. The van der Waals surface area contributed by atoms with Crippen LogP contribution in [0.25, 0.3) is 6.08 Å². The number of carbonyl (C=O) groups excluding carboxylic acids is 3. The normalized spacial score (nSPS) is 11.2. The lowest BCUT2D eigenvalue weighted by atomic mass is 10.1. The summed E-state index contributed by atoms with van der Waals surface area (Å²) in [4.78, 5) is 34.5. The second kappa shape index (κ2) is 10.2. The molecule has 0 unspecified atom stereocenters. The number of halogens is 3. The Balaban J connectivity index is 1.98. The van der Waals surface area contributed by atoms with Crippen LogP contribution < -0.4 is 10.1 Å². The van der Waals surface area contributed by atoms with Crippen LogP contribution in [-0.2, 0) is 14.3 Å². The maximum atomic E-state index is 12.3. The average molecular weight is 421 g/mol. The molecule has 1 N–H and O–H groups in total. The highest BCUT2D eigenvalue weighted by Crippen LogP contribution is 2.19. The summed E-state index contributed by atoms with van der Waals surface area (Å²) < 4.78 is 47.0. The number of benzene rings is 2. The monoisotopic (exact) mass is 421 g/mol. The number of ether oxygens (including phenoxy) is 2. The number of amides is 1.